The molecule has 0 N–H and O–H groups in total. The Morgan fingerprint density at radius 2 is 1.94 bits per heavy atom. The Hall–Kier alpha value is -4.22. The molecule has 0 spiro atoms. The fourth-order valence-electron chi connectivity index (χ4n) is 3.46. The van der Waals surface area contributed by atoms with Crippen LogP contribution in [0, 0.1) is 11.3 Å². The number of halogens is 1. The maximum atomic E-state index is 13.4. The van der Waals surface area contributed by atoms with E-state index in [9.17, 15) is 4.79 Å². The van der Waals surface area contributed by atoms with Crippen LogP contribution in [0.25, 0.3) is 33.5 Å². The summed E-state index contributed by atoms with van der Waals surface area (Å²) in [5, 5.41) is 14.6. The monoisotopic (exact) mass is 498 g/mol. The van der Waals surface area contributed by atoms with Gasteiger partial charge in [-0.2, -0.15) is 15.0 Å². The Balaban J connectivity index is 1.69. The van der Waals surface area contributed by atoms with Gasteiger partial charge in [-0.05, 0) is 48.5 Å². The standard InChI is InChI=1S/C25H15BrN4O3/c26-18-9-10-22-17(13-18)14-23(33-22)24-29-20-7-3-2-6-19(20)25(31)30(24)28-15-16-5-1-4-8-21(16)32-12-11-27/h1-10,13-15H,12H2. The molecule has 7 nitrogen and oxygen atoms in total. The third-order valence-electron chi connectivity index (χ3n) is 4.98. The zero-order valence-corrected chi connectivity index (χ0v) is 18.7. The van der Waals surface area contributed by atoms with Crippen LogP contribution < -0.4 is 10.3 Å². The lowest BCUT2D eigenvalue weighted by Crippen LogP contribution is -2.20. The van der Waals surface area contributed by atoms with E-state index in [1.807, 2.05) is 42.5 Å². The lowest BCUT2D eigenvalue weighted by Gasteiger charge is -2.08. The molecule has 8 heteroatoms. The average Bonchev–Trinajstić information content (AvgIpc) is 3.25. The molecule has 0 fully saturated rings. The van der Waals surface area contributed by atoms with E-state index in [0.29, 0.717) is 33.6 Å². The van der Waals surface area contributed by atoms with E-state index in [-0.39, 0.29) is 18.0 Å². The van der Waals surface area contributed by atoms with Gasteiger partial charge in [-0.15, -0.1) is 0 Å². The van der Waals surface area contributed by atoms with Crippen molar-refractivity contribution in [2.45, 2.75) is 0 Å². The first-order valence-electron chi connectivity index (χ1n) is 9.98. The maximum absolute atomic E-state index is 13.4. The van der Waals surface area contributed by atoms with Crippen LogP contribution in [0.5, 0.6) is 5.75 Å². The molecule has 0 amide bonds. The van der Waals surface area contributed by atoms with Crippen LogP contribution >= 0.6 is 15.9 Å². The quantitative estimate of drug-likeness (QED) is 0.304. The van der Waals surface area contributed by atoms with Gasteiger partial charge < -0.3 is 9.15 Å². The Morgan fingerprint density at radius 1 is 1.12 bits per heavy atom. The summed E-state index contributed by atoms with van der Waals surface area (Å²) in [5.74, 6) is 1.18. The van der Waals surface area contributed by atoms with E-state index in [1.165, 1.54) is 10.9 Å². The molecule has 0 aliphatic rings. The molecule has 0 saturated carbocycles. The smallest absolute Gasteiger partial charge is 0.282 e. The van der Waals surface area contributed by atoms with Crippen molar-refractivity contribution in [3.8, 4) is 23.4 Å². The number of hydrogen-bond donors (Lipinski definition) is 0. The van der Waals surface area contributed by atoms with Crippen molar-refractivity contribution < 1.29 is 9.15 Å². The number of benzene rings is 3. The van der Waals surface area contributed by atoms with Crippen molar-refractivity contribution in [3.05, 3.63) is 93.2 Å². The van der Waals surface area contributed by atoms with Crippen LogP contribution in [-0.4, -0.2) is 22.5 Å². The lowest BCUT2D eigenvalue weighted by molar-refractivity contribution is 0.367. The molecule has 0 bridgehead atoms. The summed E-state index contributed by atoms with van der Waals surface area (Å²) in [7, 11) is 0. The molecule has 5 rings (SSSR count). The van der Waals surface area contributed by atoms with Crippen molar-refractivity contribution in [2.75, 3.05) is 6.61 Å². The first-order chi connectivity index (χ1) is 16.1. The highest BCUT2D eigenvalue weighted by Crippen LogP contribution is 2.29. The highest BCUT2D eigenvalue weighted by Gasteiger charge is 2.16. The number of furan rings is 1. The van der Waals surface area contributed by atoms with Crippen LogP contribution in [0.3, 0.4) is 0 Å². The number of fused-ring (bicyclic) bond motifs is 2. The minimum absolute atomic E-state index is 0.0951. The Morgan fingerprint density at radius 3 is 2.82 bits per heavy atom. The van der Waals surface area contributed by atoms with Gasteiger partial charge in [-0.25, -0.2) is 4.98 Å². The van der Waals surface area contributed by atoms with E-state index in [4.69, 9.17) is 14.4 Å². The van der Waals surface area contributed by atoms with E-state index in [1.54, 1.807) is 36.4 Å². The number of nitriles is 1. The number of para-hydroxylation sites is 2. The first-order valence-corrected chi connectivity index (χ1v) is 10.8. The second-order valence-corrected chi connectivity index (χ2v) is 8.01. The molecule has 0 radical (unpaired) electrons. The fourth-order valence-corrected chi connectivity index (χ4v) is 3.84. The number of rotatable bonds is 5. The van der Waals surface area contributed by atoms with Crippen molar-refractivity contribution in [1.29, 1.82) is 5.26 Å². The number of nitrogens with zero attached hydrogens (tertiary/aromatic N) is 4. The second kappa shape index (κ2) is 8.73. The largest absolute Gasteiger partial charge is 0.478 e. The molecule has 160 valence electrons. The highest BCUT2D eigenvalue weighted by atomic mass is 79.9. The van der Waals surface area contributed by atoms with Gasteiger partial charge >= 0.3 is 0 Å². The fraction of sp³-hybridized carbons (Fsp3) is 0.0400. The summed E-state index contributed by atoms with van der Waals surface area (Å²) in [5.41, 5.74) is 1.50. The number of hydrogen-bond acceptors (Lipinski definition) is 6. The SMILES string of the molecule is N#CCOc1ccccc1C=Nn1c(-c2cc3cc(Br)ccc3o2)nc2ccccc2c1=O. The van der Waals surface area contributed by atoms with Crippen LogP contribution in [0.4, 0.5) is 0 Å². The minimum Gasteiger partial charge on any atom is -0.478 e. The van der Waals surface area contributed by atoms with Gasteiger partial charge in [0.05, 0.1) is 17.1 Å². The predicted octanol–water partition coefficient (Wildman–Crippen LogP) is 5.36. The van der Waals surface area contributed by atoms with Crippen molar-refractivity contribution in [3.63, 3.8) is 0 Å². The molecule has 2 aromatic heterocycles. The summed E-state index contributed by atoms with van der Waals surface area (Å²) in [6, 6.07) is 23.7. The zero-order chi connectivity index (χ0) is 22.8. The van der Waals surface area contributed by atoms with Gasteiger partial charge in [0.15, 0.2) is 12.4 Å². The van der Waals surface area contributed by atoms with E-state index in [2.05, 4.69) is 26.0 Å². The molecular formula is C25H15BrN4O3. The average molecular weight is 499 g/mol. The van der Waals surface area contributed by atoms with Gasteiger partial charge in [0.1, 0.15) is 17.4 Å². The predicted molar refractivity (Wildman–Crippen MR) is 129 cm³/mol. The molecule has 3 aromatic carbocycles. The number of ether oxygens (including phenoxy) is 1. The zero-order valence-electron chi connectivity index (χ0n) is 17.1. The summed E-state index contributed by atoms with van der Waals surface area (Å²) >= 11 is 3.46. The molecule has 33 heavy (non-hydrogen) atoms. The summed E-state index contributed by atoms with van der Waals surface area (Å²) in [6.45, 7) is -0.0951. The van der Waals surface area contributed by atoms with Crippen LogP contribution in [0.1, 0.15) is 5.56 Å². The van der Waals surface area contributed by atoms with Gasteiger partial charge in [0.2, 0.25) is 5.82 Å². The lowest BCUT2D eigenvalue weighted by atomic mass is 10.2. The number of aromatic nitrogens is 2. The molecule has 0 saturated heterocycles. The van der Waals surface area contributed by atoms with Gasteiger partial charge in [0.25, 0.3) is 5.56 Å². The molecule has 2 heterocycles. The Bertz CT molecular complexity index is 1630. The van der Waals surface area contributed by atoms with E-state index < -0.39 is 0 Å². The van der Waals surface area contributed by atoms with Crippen molar-refractivity contribution >= 4 is 44.0 Å². The van der Waals surface area contributed by atoms with Crippen LogP contribution in [-0.2, 0) is 0 Å². The molecule has 0 aliphatic carbocycles. The summed E-state index contributed by atoms with van der Waals surface area (Å²) in [4.78, 5) is 18.0. The Kier molecular flexibility index (Phi) is 5.47. The summed E-state index contributed by atoms with van der Waals surface area (Å²) < 4.78 is 13.6. The van der Waals surface area contributed by atoms with Crippen molar-refractivity contribution in [1.82, 2.24) is 9.66 Å². The molecule has 0 atom stereocenters. The van der Waals surface area contributed by atoms with Gasteiger partial charge in [-0.1, -0.05) is 40.2 Å². The van der Waals surface area contributed by atoms with Crippen LogP contribution in [0.15, 0.2) is 91.6 Å². The van der Waals surface area contributed by atoms with Crippen molar-refractivity contribution in [2.24, 2.45) is 5.10 Å². The molecule has 0 unspecified atom stereocenters. The van der Waals surface area contributed by atoms with Gasteiger partial charge in [0, 0.05) is 15.4 Å². The van der Waals surface area contributed by atoms with E-state index in [0.717, 1.165) is 9.86 Å². The molecular weight excluding hydrogens is 484 g/mol. The molecule has 0 aliphatic heterocycles. The highest BCUT2D eigenvalue weighted by molar-refractivity contribution is 9.10. The van der Waals surface area contributed by atoms with Gasteiger partial charge in [-0.3, -0.25) is 4.79 Å². The first kappa shape index (κ1) is 20.7. The topological polar surface area (TPSA) is 93.4 Å². The second-order valence-electron chi connectivity index (χ2n) is 7.09. The Labute approximate surface area is 196 Å². The minimum atomic E-state index is -0.330. The molecule has 5 aromatic rings. The van der Waals surface area contributed by atoms with E-state index >= 15 is 0 Å². The summed E-state index contributed by atoms with van der Waals surface area (Å²) in [6.07, 6.45) is 1.51. The maximum Gasteiger partial charge on any atom is 0.282 e. The third kappa shape index (κ3) is 4.02. The van der Waals surface area contributed by atoms with Crippen LogP contribution in [0.2, 0.25) is 0 Å². The third-order valence-corrected chi connectivity index (χ3v) is 5.47. The normalized spacial score (nSPS) is 11.3.